The minimum atomic E-state index is -0.962. The first-order valence-electron chi connectivity index (χ1n) is 6.07. The number of ether oxygens (including phenoxy) is 1. The number of hydrogen-bond donors (Lipinski definition) is 1. The highest BCUT2D eigenvalue weighted by Crippen LogP contribution is 2.18. The first-order valence-corrected chi connectivity index (χ1v) is 6.07. The van der Waals surface area contributed by atoms with Gasteiger partial charge in [-0.15, -0.1) is 0 Å². The third-order valence-corrected chi connectivity index (χ3v) is 3.12. The van der Waals surface area contributed by atoms with Crippen molar-refractivity contribution in [2.24, 2.45) is 7.05 Å². The lowest BCUT2D eigenvalue weighted by Gasteiger charge is -2.06. The molecule has 0 radical (unpaired) electrons. The maximum Gasteiger partial charge on any atom is 0.309 e. The highest BCUT2D eigenvalue weighted by molar-refractivity contribution is 6.10. The summed E-state index contributed by atoms with van der Waals surface area (Å²) in [7, 11) is 3.28. The largest absolute Gasteiger partial charge is 0.497 e. The number of hydrogen-bond acceptors (Lipinski definition) is 3. The second-order valence-corrected chi connectivity index (χ2v) is 4.42. The van der Waals surface area contributed by atoms with Crippen LogP contribution < -0.4 is 4.74 Å². The Hall–Kier alpha value is -2.56. The van der Waals surface area contributed by atoms with Crippen LogP contribution in [-0.2, 0) is 18.3 Å². The molecule has 0 bridgehead atoms. The van der Waals surface area contributed by atoms with Gasteiger partial charge in [-0.25, -0.2) is 0 Å². The molecule has 0 aliphatic rings. The Labute approximate surface area is 116 Å². The number of carboxylic acids is 1. The van der Waals surface area contributed by atoms with Gasteiger partial charge in [-0.05, 0) is 30.3 Å². The molecule has 0 saturated carbocycles. The van der Waals surface area contributed by atoms with E-state index in [9.17, 15) is 9.59 Å². The van der Waals surface area contributed by atoms with Gasteiger partial charge in [0.1, 0.15) is 5.75 Å². The Morgan fingerprint density at radius 2 is 1.85 bits per heavy atom. The van der Waals surface area contributed by atoms with E-state index in [4.69, 9.17) is 9.84 Å². The van der Waals surface area contributed by atoms with Gasteiger partial charge in [0, 0.05) is 30.1 Å². The molecule has 2 rings (SSSR count). The summed E-state index contributed by atoms with van der Waals surface area (Å²) in [5.41, 5.74) is 1.42. The summed E-state index contributed by atoms with van der Waals surface area (Å²) >= 11 is 0. The van der Waals surface area contributed by atoms with Gasteiger partial charge in [0.05, 0.1) is 13.5 Å². The summed E-state index contributed by atoms with van der Waals surface area (Å²) in [5, 5.41) is 8.91. The van der Waals surface area contributed by atoms with Crippen molar-refractivity contribution in [3.05, 3.63) is 53.3 Å². The lowest BCUT2D eigenvalue weighted by Crippen LogP contribution is -2.11. The van der Waals surface area contributed by atoms with Gasteiger partial charge in [0.15, 0.2) is 5.78 Å². The predicted octanol–water partition coefficient (Wildman–Crippen LogP) is 1.89. The molecule has 2 aromatic rings. The number of methoxy groups -OCH3 is 1. The molecule has 0 atom stereocenters. The van der Waals surface area contributed by atoms with E-state index in [0.717, 1.165) is 0 Å². The molecular formula is C15H15NO4. The molecule has 1 heterocycles. The number of rotatable bonds is 5. The van der Waals surface area contributed by atoms with Crippen LogP contribution in [0.15, 0.2) is 36.5 Å². The van der Waals surface area contributed by atoms with E-state index in [2.05, 4.69) is 0 Å². The molecule has 1 aromatic carbocycles. The smallest absolute Gasteiger partial charge is 0.309 e. The number of carbonyl (C=O) groups is 2. The Morgan fingerprint density at radius 1 is 1.20 bits per heavy atom. The summed E-state index contributed by atoms with van der Waals surface area (Å²) in [4.78, 5) is 23.3. The van der Waals surface area contributed by atoms with Gasteiger partial charge in [-0.3, -0.25) is 9.59 Å². The van der Waals surface area contributed by atoms with E-state index in [0.29, 0.717) is 22.6 Å². The fourth-order valence-corrected chi connectivity index (χ4v) is 2.03. The van der Waals surface area contributed by atoms with Crippen molar-refractivity contribution in [1.29, 1.82) is 0 Å². The Bertz CT molecular complexity index is 640. The molecule has 0 unspecified atom stereocenters. The van der Waals surface area contributed by atoms with E-state index >= 15 is 0 Å². The zero-order valence-corrected chi connectivity index (χ0v) is 11.3. The van der Waals surface area contributed by atoms with Crippen molar-refractivity contribution in [3.63, 3.8) is 0 Å². The maximum atomic E-state index is 12.4. The normalized spacial score (nSPS) is 10.3. The summed E-state index contributed by atoms with van der Waals surface area (Å²) in [6.07, 6.45) is 1.51. The molecule has 0 saturated heterocycles. The Morgan fingerprint density at radius 3 is 2.40 bits per heavy atom. The van der Waals surface area contributed by atoms with Gasteiger partial charge < -0.3 is 14.4 Å². The highest BCUT2D eigenvalue weighted by atomic mass is 16.5. The second-order valence-electron chi connectivity index (χ2n) is 4.42. The standard InChI is InChI=1S/C15H15NO4/c1-16-8-7-12(13(16)9-14(17)18)15(19)10-3-5-11(20-2)6-4-10/h3-8H,9H2,1-2H3,(H,17,18). The van der Waals surface area contributed by atoms with Gasteiger partial charge >= 0.3 is 5.97 Å². The van der Waals surface area contributed by atoms with E-state index in [1.165, 1.54) is 0 Å². The minimum Gasteiger partial charge on any atom is -0.497 e. The molecule has 0 amide bonds. The van der Waals surface area contributed by atoms with Crippen LogP contribution in [0.2, 0.25) is 0 Å². The quantitative estimate of drug-likeness (QED) is 0.845. The van der Waals surface area contributed by atoms with Crippen LogP contribution in [0.4, 0.5) is 0 Å². The number of nitrogens with zero attached hydrogens (tertiary/aromatic N) is 1. The Kier molecular flexibility index (Phi) is 3.89. The topological polar surface area (TPSA) is 68.5 Å². The van der Waals surface area contributed by atoms with Crippen LogP contribution in [0, 0.1) is 0 Å². The maximum absolute atomic E-state index is 12.4. The molecule has 104 valence electrons. The number of carboxylic acid groups (broad SMARTS) is 1. The third kappa shape index (κ3) is 2.71. The number of aliphatic carboxylic acids is 1. The number of carbonyl (C=O) groups excluding carboxylic acids is 1. The lowest BCUT2D eigenvalue weighted by atomic mass is 10.0. The van der Waals surface area contributed by atoms with Crippen molar-refractivity contribution in [2.45, 2.75) is 6.42 Å². The molecular weight excluding hydrogens is 258 g/mol. The summed E-state index contributed by atoms with van der Waals surface area (Å²) in [5.74, 6) is -0.486. The number of ketones is 1. The fraction of sp³-hybridized carbons (Fsp3) is 0.200. The van der Waals surface area contributed by atoms with E-state index in [1.54, 1.807) is 55.3 Å². The summed E-state index contributed by atoms with van der Waals surface area (Å²) in [6, 6.07) is 8.38. The van der Waals surface area contributed by atoms with Crippen LogP contribution in [0.3, 0.4) is 0 Å². The molecule has 0 aliphatic carbocycles. The first kappa shape index (κ1) is 13.9. The van der Waals surface area contributed by atoms with E-state index in [1.807, 2.05) is 0 Å². The van der Waals surface area contributed by atoms with Crippen molar-refractivity contribution in [1.82, 2.24) is 4.57 Å². The molecule has 1 aromatic heterocycles. The number of benzene rings is 1. The summed E-state index contributed by atoms with van der Waals surface area (Å²) < 4.78 is 6.70. The zero-order valence-electron chi connectivity index (χ0n) is 11.3. The van der Waals surface area contributed by atoms with Crippen molar-refractivity contribution < 1.29 is 19.4 Å². The third-order valence-electron chi connectivity index (χ3n) is 3.12. The average molecular weight is 273 g/mol. The molecule has 0 fully saturated rings. The van der Waals surface area contributed by atoms with Gasteiger partial charge in [-0.1, -0.05) is 0 Å². The van der Waals surface area contributed by atoms with Crippen LogP contribution >= 0.6 is 0 Å². The minimum absolute atomic E-state index is 0.180. The average Bonchev–Trinajstić information content (AvgIpc) is 2.79. The molecule has 0 aliphatic heterocycles. The monoisotopic (exact) mass is 273 g/mol. The van der Waals surface area contributed by atoms with Crippen LogP contribution in [-0.4, -0.2) is 28.5 Å². The van der Waals surface area contributed by atoms with Crippen molar-refractivity contribution in [2.75, 3.05) is 7.11 Å². The Balaban J connectivity index is 2.35. The van der Waals surface area contributed by atoms with Gasteiger partial charge in [0.2, 0.25) is 0 Å². The van der Waals surface area contributed by atoms with Crippen LogP contribution in [0.1, 0.15) is 21.6 Å². The molecule has 0 spiro atoms. The van der Waals surface area contributed by atoms with Crippen LogP contribution in [0.25, 0.3) is 0 Å². The second kappa shape index (κ2) is 5.61. The molecule has 1 N–H and O–H groups in total. The SMILES string of the molecule is COc1ccc(C(=O)c2ccn(C)c2CC(=O)O)cc1. The van der Waals surface area contributed by atoms with E-state index < -0.39 is 5.97 Å². The summed E-state index contributed by atoms with van der Waals surface area (Å²) in [6.45, 7) is 0. The molecule has 5 nitrogen and oxygen atoms in total. The first-order chi connectivity index (χ1) is 9.52. The molecule has 5 heteroatoms. The van der Waals surface area contributed by atoms with Crippen molar-refractivity contribution in [3.8, 4) is 5.75 Å². The van der Waals surface area contributed by atoms with Gasteiger partial charge in [-0.2, -0.15) is 0 Å². The van der Waals surface area contributed by atoms with Crippen molar-refractivity contribution >= 4 is 11.8 Å². The number of aryl methyl sites for hydroxylation is 1. The molecule has 20 heavy (non-hydrogen) atoms. The van der Waals surface area contributed by atoms with Crippen LogP contribution in [0.5, 0.6) is 5.75 Å². The predicted molar refractivity (Wildman–Crippen MR) is 73.2 cm³/mol. The van der Waals surface area contributed by atoms with E-state index in [-0.39, 0.29) is 12.2 Å². The zero-order chi connectivity index (χ0) is 14.7. The number of aromatic nitrogens is 1. The fourth-order valence-electron chi connectivity index (χ4n) is 2.03. The highest BCUT2D eigenvalue weighted by Gasteiger charge is 2.18. The lowest BCUT2D eigenvalue weighted by molar-refractivity contribution is -0.136. The van der Waals surface area contributed by atoms with Gasteiger partial charge in [0.25, 0.3) is 0 Å².